The Labute approximate surface area is 76.0 Å². The molecule has 0 fully saturated rings. The van der Waals surface area contributed by atoms with Crippen molar-refractivity contribution in [1.82, 2.24) is 0 Å². The molecule has 0 aromatic heterocycles. The van der Waals surface area contributed by atoms with Gasteiger partial charge in [0.2, 0.25) is 0 Å². The summed E-state index contributed by atoms with van der Waals surface area (Å²) in [6.07, 6.45) is -1.24. The van der Waals surface area contributed by atoms with Crippen molar-refractivity contribution in [2.45, 2.75) is 19.5 Å². The predicted molar refractivity (Wildman–Crippen MR) is 47.3 cm³/mol. The predicted octanol–water partition coefficient (Wildman–Crippen LogP) is 2.34. The average molecular weight is 182 g/mol. The second kappa shape index (κ2) is 4.03. The number of hydrogen-bond acceptors (Lipinski definition) is 1. The SMILES string of the molecule is CC(F)c1ccccc1CC(=O)O. The molecule has 1 N–H and O–H groups in total. The molecule has 1 unspecified atom stereocenters. The molecular formula is C10H11FO2. The summed E-state index contributed by atoms with van der Waals surface area (Å²) in [5.74, 6) is -0.937. The van der Waals surface area contributed by atoms with Gasteiger partial charge < -0.3 is 5.11 Å². The Morgan fingerprint density at radius 3 is 2.69 bits per heavy atom. The molecule has 0 heterocycles. The van der Waals surface area contributed by atoms with Crippen LogP contribution in [0.1, 0.15) is 24.2 Å². The molecule has 1 atom stereocenters. The van der Waals surface area contributed by atoms with Gasteiger partial charge in [-0.2, -0.15) is 0 Å². The second-order valence-electron chi connectivity index (χ2n) is 2.89. The number of alkyl halides is 1. The number of carboxylic acid groups (broad SMARTS) is 1. The molecule has 0 amide bonds. The maximum absolute atomic E-state index is 13.0. The molecule has 0 aliphatic carbocycles. The van der Waals surface area contributed by atoms with Crippen LogP contribution in [-0.2, 0) is 11.2 Å². The Bertz CT molecular complexity index is 308. The molecular weight excluding hydrogens is 171 g/mol. The Morgan fingerprint density at radius 2 is 2.15 bits per heavy atom. The van der Waals surface area contributed by atoms with E-state index < -0.39 is 12.1 Å². The van der Waals surface area contributed by atoms with Gasteiger partial charge in [0.25, 0.3) is 0 Å². The van der Waals surface area contributed by atoms with Gasteiger partial charge >= 0.3 is 5.97 Å². The van der Waals surface area contributed by atoms with Crippen LogP contribution in [0.15, 0.2) is 24.3 Å². The lowest BCUT2D eigenvalue weighted by Gasteiger charge is -2.07. The Morgan fingerprint density at radius 1 is 1.54 bits per heavy atom. The van der Waals surface area contributed by atoms with E-state index in [2.05, 4.69) is 0 Å². The first-order chi connectivity index (χ1) is 6.11. The van der Waals surface area contributed by atoms with Gasteiger partial charge in [0.15, 0.2) is 0 Å². The van der Waals surface area contributed by atoms with E-state index in [1.807, 2.05) is 0 Å². The van der Waals surface area contributed by atoms with Crippen LogP contribution in [0.5, 0.6) is 0 Å². The molecule has 0 aliphatic rings. The number of rotatable bonds is 3. The summed E-state index contributed by atoms with van der Waals surface area (Å²) in [5, 5.41) is 8.55. The van der Waals surface area contributed by atoms with E-state index in [0.717, 1.165) is 0 Å². The first-order valence-corrected chi connectivity index (χ1v) is 4.05. The van der Waals surface area contributed by atoms with Gasteiger partial charge in [0.05, 0.1) is 6.42 Å². The molecule has 0 radical (unpaired) electrons. The number of carboxylic acids is 1. The van der Waals surface area contributed by atoms with Crippen LogP contribution in [0, 0.1) is 0 Å². The van der Waals surface area contributed by atoms with Gasteiger partial charge in [0, 0.05) is 0 Å². The van der Waals surface area contributed by atoms with E-state index in [1.54, 1.807) is 24.3 Å². The van der Waals surface area contributed by atoms with E-state index in [1.165, 1.54) is 6.92 Å². The topological polar surface area (TPSA) is 37.3 Å². The zero-order chi connectivity index (χ0) is 9.84. The molecule has 0 bridgehead atoms. The summed E-state index contributed by atoms with van der Waals surface area (Å²) in [6.45, 7) is 1.40. The lowest BCUT2D eigenvalue weighted by molar-refractivity contribution is -0.136. The molecule has 3 heteroatoms. The van der Waals surface area contributed by atoms with Crippen molar-refractivity contribution in [2.75, 3.05) is 0 Å². The highest BCUT2D eigenvalue weighted by Gasteiger charge is 2.10. The van der Waals surface area contributed by atoms with Crippen molar-refractivity contribution in [3.05, 3.63) is 35.4 Å². The Hall–Kier alpha value is -1.38. The fraction of sp³-hybridized carbons (Fsp3) is 0.300. The highest BCUT2D eigenvalue weighted by molar-refractivity contribution is 5.70. The molecule has 13 heavy (non-hydrogen) atoms. The number of carbonyl (C=O) groups is 1. The highest BCUT2D eigenvalue weighted by atomic mass is 19.1. The summed E-state index contributed by atoms with van der Waals surface area (Å²) in [6, 6.07) is 6.67. The third kappa shape index (κ3) is 2.54. The van der Waals surface area contributed by atoms with Crippen molar-refractivity contribution in [3.63, 3.8) is 0 Å². The van der Waals surface area contributed by atoms with Gasteiger partial charge in [-0.15, -0.1) is 0 Å². The monoisotopic (exact) mass is 182 g/mol. The summed E-state index contributed by atoms with van der Waals surface area (Å²) in [4.78, 5) is 10.4. The third-order valence-corrected chi connectivity index (χ3v) is 1.83. The highest BCUT2D eigenvalue weighted by Crippen LogP contribution is 2.20. The average Bonchev–Trinajstić information content (AvgIpc) is 2.03. The van der Waals surface area contributed by atoms with Gasteiger partial charge in [-0.3, -0.25) is 4.79 Å². The minimum atomic E-state index is -1.12. The van der Waals surface area contributed by atoms with Crippen molar-refractivity contribution >= 4 is 5.97 Å². The van der Waals surface area contributed by atoms with Crippen LogP contribution in [0.4, 0.5) is 4.39 Å². The molecule has 1 rings (SSSR count). The summed E-state index contributed by atoms with van der Waals surface area (Å²) < 4.78 is 13.0. The van der Waals surface area contributed by atoms with Gasteiger partial charge in [-0.05, 0) is 18.1 Å². The lowest BCUT2D eigenvalue weighted by atomic mass is 10.0. The zero-order valence-electron chi connectivity index (χ0n) is 7.33. The molecule has 0 saturated carbocycles. The van der Waals surface area contributed by atoms with Gasteiger partial charge in [0.1, 0.15) is 6.17 Å². The quantitative estimate of drug-likeness (QED) is 0.779. The first kappa shape index (κ1) is 9.71. The molecule has 0 spiro atoms. The first-order valence-electron chi connectivity index (χ1n) is 4.05. The minimum Gasteiger partial charge on any atom is -0.481 e. The summed E-state index contributed by atoms with van der Waals surface area (Å²) in [5.41, 5.74) is 1.01. The number of benzene rings is 1. The van der Waals surface area contributed by atoms with Crippen LogP contribution in [0.25, 0.3) is 0 Å². The maximum atomic E-state index is 13.0. The van der Waals surface area contributed by atoms with E-state index >= 15 is 0 Å². The van der Waals surface area contributed by atoms with E-state index in [4.69, 9.17) is 5.11 Å². The van der Waals surface area contributed by atoms with Gasteiger partial charge in [-0.25, -0.2) is 4.39 Å². The lowest BCUT2D eigenvalue weighted by Crippen LogP contribution is -2.03. The maximum Gasteiger partial charge on any atom is 0.307 e. The van der Waals surface area contributed by atoms with E-state index in [0.29, 0.717) is 11.1 Å². The minimum absolute atomic E-state index is 0.121. The zero-order valence-corrected chi connectivity index (χ0v) is 7.33. The van der Waals surface area contributed by atoms with Crippen molar-refractivity contribution in [1.29, 1.82) is 0 Å². The molecule has 1 aromatic carbocycles. The standard InChI is InChI=1S/C10H11FO2/c1-7(11)9-5-3-2-4-8(9)6-10(12)13/h2-5,7H,6H2,1H3,(H,12,13). The normalized spacial score (nSPS) is 12.5. The Kier molecular flexibility index (Phi) is 3.01. The van der Waals surface area contributed by atoms with E-state index in [-0.39, 0.29) is 6.42 Å². The largest absolute Gasteiger partial charge is 0.481 e. The number of halogens is 1. The van der Waals surface area contributed by atoms with E-state index in [9.17, 15) is 9.18 Å². The Balaban J connectivity index is 2.97. The molecule has 1 aromatic rings. The molecule has 0 saturated heterocycles. The molecule has 2 nitrogen and oxygen atoms in total. The van der Waals surface area contributed by atoms with Crippen LogP contribution < -0.4 is 0 Å². The van der Waals surface area contributed by atoms with Crippen LogP contribution >= 0.6 is 0 Å². The van der Waals surface area contributed by atoms with Crippen molar-refractivity contribution in [3.8, 4) is 0 Å². The fourth-order valence-electron chi connectivity index (χ4n) is 1.25. The second-order valence-corrected chi connectivity index (χ2v) is 2.89. The summed E-state index contributed by atoms with van der Waals surface area (Å²) in [7, 11) is 0. The number of hydrogen-bond donors (Lipinski definition) is 1. The van der Waals surface area contributed by atoms with Crippen LogP contribution in [-0.4, -0.2) is 11.1 Å². The van der Waals surface area contributed by atoms with Crippen LogP contribution in [0.2, 0.25) is 0 Å². The number of aliphatic carboxylic acids is 1. The van der Waals surface area contributed by atoms with Gasteiger partial charge in [-0.1, -0.05) is 24.3 Å². The fourth-order valence-corrected chi connectivity index (χ4v) is 1.25. The van der Waals surface area contributed by atoms with Crippen molar-refractivity contribution in [2.24, 2.45) is 0 Å². The summed E-state index contributed by atoms with van der Waals surface area (Å²) >= 11 is 0. The molecule has 0 aliphatic heterocycles. The smallest absolute Gasteiger partial charge is 0.307 e. The third-order valence-electron chi connectivity index (χ3n) is 1.83. The van der Waals surface area contributed by atoms with Crippen molar-refractivity contribution < 1.29 is 14.3 Å². The van der Waals surface area contributed by atoms with Crippen LogP contribution in [0.3, 0.4) is 0 Å². The molecule has 70 valence electrons.